The van der Waals surface area contributed by atoms with E-state index < -0.39 is 6.10 Å². The number of carbonyl (C=O) groups excluding carboxylic acids is 1. The number of H-pyrrole nitrogens is 1. The zero-order valence-electron chi connectivity index (χ0n) is 16.8. The Kier molecular flexibility index (Phi) is 6.88. The molecule has 1 saturated carbocycles. The molecule has 1 fully saturated rings. The molecule has 4 rings (SSSR count). The number of aliphatic hydroxyl groups is 1. The Morgan fingerprint density at radius 2 is 1.97 bits per heavy atom. The van der Waals surface area contributed by atoms with Crippen molar-refractivity contribution in [2.45, 2.75) is 50.9 Å². The minimum Gasteiger partial charge on any atom is -0.493 e. The van der Waals surface area contributed by atoms with Gasteiger partial charge in [0.25, 0.3) is 0 Å². The number of rotatable bonds is 6. The summed E-state index contributed by atoms with van der Waals surface area (Å²) in [4.78, 5) is 16.0. The first kappa shape index (κ1) is 21.7. The zero-order valence-corrected chi connectivity index (χ0v) is 17.6. The summed E-state index contributed by atoms with van der Waals surface area (Å²) in [5.74, 6) is 1.47. The Morgan fingerprint density at radius 1 is 1.21 bits per heavy atom. The first-order valence-corrected chi connectivity index (χ1v) is 10.0. The third-order valence-corrected chi connectivity index (χ3v) is 5.94. The van der Waals surface area contributed by atoms with Gasteiger partial charge in [0.2, 0.25) is 0 Å². The Morgan fingerprint density at radius 3 is 2.72 bits per heavy atom. The molecule has 0 bridgehead atoms. The summed E-state index contributed by atoms with van der Waals surface area (Å²) in [6.45, 7) is 2.57. The summed E-state index contributed by atoms with van der Waals surface area (Å²) < 4.78 is 11.3. The third kappa shape index (κ3) is 4.44. The molecule has 2 aliphatic carbocycles. The molecule has 0 saturated heterocycles. The number of aromatic amines is 1. The maximum Gasteiger partial charge on any atom is 0.169 e. The molecule has 6 nitrogen and oxygen atoms in total. The van der Waals surface area contributed by atoms with E-state index in [0.29, 0.717) is 18.0 Å². The molecule has 0 aliphatic heterocycles. The van der Waals surface area contributed by atoms with Gasteiger partial charge in [0.1, 0.15) is 12.2 Å². The van der Waals surface area contributed by atoms with Gasteiger partial charge in [-0.25, -0.2) is 0 Å². The van der Waals surface area contributed by atoms with Crippen molar-refractivity contribution < 1.29 is 19.4 Å². The first-order chi connectivity index (χ1) is 13.6. The highest BCUT2D eigenvalue weighted by Gasteiger charge is 2.37. The maximum atomic E-state index is 12.7. The van der Waals surface area contributed by atoms with Crippen LogP contribution in [-0.4, -0.2) is 47.8 Å². The molecule has 1 heterocycles. The quantitative estimate of drug-likeness (QED) is 0.669. The van der Waals surface area contributed by atoms with Gasteiger partial charge >= 0.3 is 0 Å². The Hall–Kier alpha value is -2.02. The number of para-hydroxylation sites is 2. The Balaban J connectivity index is 0.00000240. The van der Waals surface area contributed by atoms with Gasteiger partial charge in [-0.3, -0.25) is 4.79 Å². The van der Waals surface area contributed by atoms with E-state index in [0.717, 1.165) is 42.6 Å². The normalized spacial score (nSPS) is 26.0. The third-order valence-electron chi connectivity index (χ3n) is 5.94. The summed E-state index contributed by atoms with van der Waals surface area (Å²) in [6, 6.07) is 9.36. The van der Waals surface area contributed by atoms with Crippen LogP contribution in [0.4, 0.5) is 0 Å². The lowest BCUT2D eigenvalue weighted by molar-refractivity contribution is 0.0427. The molecule has 3 N–H and O–H groups in total. The molecule has 0 amide bonds. The van der Waals surface area contributed by atoms with Crippen LogP contribution >= 0.6 is 12.4 Å². The van der Waals surface area contributed by atoms with Crippen LogP contribution in [0.1, 0.15) is 41.0 Å². The number of carbonyl (C=O) groups is 1. The van der Waals surface area contributed by atoms with Gasteiger partial charge in [0.15, 0.2) is 17.3 Å². The molecule has 7 heteroatoms. The minimum absolute atomic E-state index is 0. The molecule has 158 valence electrons. The van der Waals surface area contributed by atoms with Crippen LogP contribution in [0.5, 0.6) is 11.5 Å². The lowest BCUT2D eigenvalue weighted by Gasteiger charge is -2.26. The molecule has 2 aliphatic rings. The largest absolute Gasteiger partial charge is 0.493 e. The average Bonchev–Trinajstić information content (AvgIpc) is 3.25. The number of aryl methyl sites for hydroxylation is 2. The van der Waals surface area contributed by atoms with Crippen LogP contribution in [0.3, 0.4) is 0 Å². The first-order valence-electron chi connectivity index (χ1n) is 10.0. The fourth-order valence-electron chi connectivity index (χ4n) is 4.40. The Bertz CT molecular complexity index is 853. The number of ketones is 1. The molecule has 4 atom stereocenters. The lowest BCUT2D eigenvalue weighted by Crippen LogP contribution is -2.44. The van der Waals surface area contributed by atoms with Crippen molar-refractivity contribution in [3.05, 3.63) is 47.3 Å². The monoisotopic (exact) mass is 420 g/mol. The van der Waals surface area contributed by atoms with Crippen molar-refractivity contribution >= 4 is 18.2 Å². The SMILES string of the molecule is COc1ccccc1OC1CCC(NCC2CCc3[nH]c(C)cc3C2=O)C1O.Cl. The fourth-order valence-corrected chi connectivity index (χ4v) is 4.40. The van der Waals surface area contributed by atoms with Crippen molar-refractivity contribution in [2.75, 3.05) is 13.7 Å². The van der Waals surface area contributed by atoms with E-state index in [1.54, 1.807) is 7.11 Å². The highest BCUT2D eigenvalue weighted by molar-refractivity contribution is 6.00. The van der Waals surface area contributed by atoms with E-state index in [1.165, 1.54) is 0 Å². The van der Waals surface area contributed by atoms with Gasteiger partial charge in [-0.2, -0.15) is 0 Å². The van der Waals surface area contributed by atoms with E-state index in [2.05, 4.69) is 10.3 Å². The molecule has 1 aromatic heterocycles. The number of Topliss-reactive ketones (excluding diaryl/α,β-unsaturated/α-hetero) is 1. The van der Waals surface area contributed by atoms with E-state index in [1.807, 2.05) is 37.3 Å². The van der Waals surface area contributed by atoms with Crippen molar-refractivity contribution in [3.63, 3.8) is 0 Å². The van der Waals surface area contributed by atoms with Crippen molar-refractivity contribution in [3.8, 4) is 11.5 Å². The standard InChI is InChI=1S/C22H28N2O4.ClH/c1-13-11-15-16(24-13)8-7-14(21(15)25)12-23-17-9-10-20(22(17)26)28-19-6-4-3-5-18(19)27-2;/h3-6,11,14,17,20,22-24,26H,7-10,12H2,1-2H3;1H. The van der Waals surface area contributed by atoms with Crippen molar-refractivity contribution in [1.82, 2.24) is 10.3 Å². The van der Waals surface area contributed by atoms with Crippen LogP contribution < -0.4 is 14.8 Å². The second kappa shape index (κ2) is 9.20. The molecule has 0 radical (unpaired) electrons. The van der Waals surface area contributed by atoms with Crippen molar-refractivity contribution in [2.24, 2.45) is 5.92 Å². The number of halogens is 1. The highest BCUT2D eigenvalue weighted by atomic mass is 35.5. The van der Waals surface area contributed by atoms with Gasteiger partial charge in [-0.15, -0.1) is 12.4 Å². The molecule has 4 unspecified atom stereocenters. The van der Waals surface area contributed by atoms with E-state index in [-0.39, 0.29) is 36.3 Å². The summed E-state index contributed by atoms with van der Waals surface area (Å²) in [5, 5.41) is 14.1. The van der Waals surface area contributed by atoms with Gasteiger partial charge < -0.3 is 24.9 Å². The average molecular weight is 421 g/mol. The summed E-state index contributed by atoms with van der Waals surface area (Å²) in [5.41, 5.74) is 2.93. The molecule has 1 aromatic carbocycles. The molecular formula is C22H29ClN2O4. The highest BCUT2D eigenvalue weighted by Crippen LogP contribution is 2.32. The number of benzene rings is 1. The minimum atomic E-state index is -0.617. The number of ether oxygens (including phenoxy) is 2. The van der Waals surface area contributed by atoms with Crippen LogP contribution in [0.15, 0.2) is 30.3 Å². The van der Waals surface area contributed by atoms with Crippen LogP contribution in [-0.2, 0) is 6.42 Å². The summed E-state index contributed by atoms with van der Waals surface area (Å²) in [6.07, 6.45) is 2.41. The molecule has 2 aromatic rings. The number of fused-ring (bicyclic) bond motifs is 1. The smallest absolute Gasteiger partial charge is 0.169 e. The lowest BCUT2D eigenvalue weighted by atomic mass is 9.86. The number of methoxy groups -OCH3 is 1. The molecule has 0 spiro atoms. The number of nitrogens with one attached hydrogen (secondary N) is 2. The second-order valence-corrected chi connectivity index (χ2v) is 7.83. The van der Waals surface area contributed by atoms with Crippen LogP contribution in [0.25, 0.3) is 0 Å². The zero-order chi connectivity index (χ0) is 19.7. The van der Waals surface area contributed by atoms with Gasteiger partial charge in [-0.1, -0.05) is 12.1 Å². The van der Waals surface area contributed by atoms with Gasteiger partial charge in [0.05, 0.1) is 7.11 Å². The topological polar surface area (TPSA) is 83.6 Å². The van der Waals surface area contributed by atoms with Crippen molar-refractivity contribution in [1.29, 1.82) is 0 Å². The predicted molar refractivity (Wildman–Crippen MR) is 113 cm³/mol. The number of aliphatic hydroxyl groups excluding tert-OH is 1. The van der Waals surface area contributed by atoms with Crippen LogP contribution in [0.2, 0.25) is 0 Å². The van der Waals surface area contributed by atoms with Crippen LogP contribution in [0, 0.1) is 12.8 Å². The number of aromatic nitrogens is 1. The number of hydrogen-bond donors (Lipinski definition) is 3. The van der Waals surface area contributed by atoms with Gasteiger partial charge in [-0.05, 0) is 50.8 Å². The fraction of sp³-hybridized carbons (Fsp3) is 0.500. The Labute approximate surface area is 177 Å². The van der Waals surface area contributed by atoms with E-state index in [9.17, 15) is 9.90 Å². The summed E-state index contributed by atoms with van der Waals surface area (Å²) in [7, 11) is 1.61. The summed E-state index contributed by atoms with van der Waals surface area (Å²) >= 11 is 0. The van der Waals surface area contributed by atoms with E-state index in [4.69, 9.17) is 9.47 Å². The molecular weight excluding hydrogens is 392 g/mol. The second-order valence-electron chi connectivity index (χ2n) is 7.83. The predicted octanol–water partition coefficient (Wildman–Crippen LogP) is 3.06. The van der Waals surface area contributed by atoms with E-state index >= 15 is 0 Å². The molecule has 29 heavy (non-hydrogen) atoms. The number of hydrogen-bond acceptors (Lipinski definition) is 5. The maximum absolute atomic E-state index is 12.7. The van der Waals surface area contributed by atoms with Gasteiger partial charge in [0, 0.05) is 35.5 Å².